The molecule has 0 atom stereocenters. The molecule has 0 aliphatic heterocycles. The Balaban J connectivity index is 3.46. The summed E-state index contributed by atoms with van der Waals surface area (Å²) in [7, 11) is 1.28. The quantitative estimate of drug-likeness (QED) is 0.507. The van der Waals surface area contributed by atoms with Gasteiger partial charge in [-0.25, -0.2) is 0 Å². The number of carbonyl (C=O) groups excluding carboxylic acids is 1. The average molecular weight is 117 g/mol. The summed E-state index contributed by atoms with van der Waals surface area (Å²) >= 11 is 0. The van der Waals surface area contributed by atoms with Crippen molar-refractivity contribution in [2.45, 2.75) is 6.92 Å². The lowest BCUT2D eigenvalue weighted by atomic mass is 10.2. The highest BCUT2D eigenvalue weighted by Gasteiger charge is 2.10. The minimum absolute atomic E-state index is 0.229. The Bertz CT molecular complexity index is 79.7. The molecular weight excluding hydrogens is 108 g/mol. The van der Waals surface area contributed by atoms with E-state index in [0.29, 0.717) is 5.92 Å². The van der Waals surface area contributed by atoms with E-state index in [1.54, 1.807) is 0 Å². The highest BCUT2D eigenvalue weighted by atomic mass is 16.5. The van der Waals surface area contributed by atoms with Gasteiger partial charge in [0.2, 0.25) is 0 Å². The zero-order valence-corrected chi connectivity index (χ0v) is 4.97. The summed E-state index contributed by atoms with van der Waals surface area (Å²) in [6.45, 7) is 1.29. The van der Waals surface area contributed by atoms with Crippen LogP contribution in [-0.2, 0) is 9.53 Å². The lowest BCUT2D eigenvalue weighted by Gasteiger charge is -2.01. The van der Waals surface area contributed by atoms with Crippen LogP contribution in [0, 0.1) is 5.92 Å². The van der Waals surface area contributed by atoms with Crippen LogP contribution in [0.4, 0.5) is 0 Å². The fourth-order valence-corrected chi connectivity index (χ4v) is 0.239. The summed E-state index contributed by atoms with van der Waals surface area (Å²) in [5.41, 5.74) is 0. The number of hydrogen-bond acceptors (Lipinski definition) is 3. The molecule has 0 amide bonds. The van der Waals surface area contributed by atoms with Crippen molar-refractivity contribution in [3.8, 4) is 0 Å². The lowest BCUT2D eigenvalue weighted by Crippen LogP contribution is -2.13. The van der Waals surface area contributed by atoms with Crippen molar-refractivity contribution in [2.75, 3.05) is 13.7 Å². The summed E-state index contributed by atoms with van der Waals surface area (Å²) in [6, 6.07) is 0. The first kappa shape index (κ1) is 7.43. The molecule has 0 unspecified atom stereocenters. The average Bonchev–Trinajstić information content (AvgIpc) is 1.84. The molecule has 0 saturated heterocycles. The molecule has 3 nitrogen and oxygen atoms in total. The van der Waals surface area contributed by atoms with Crippen LogP contribution >= 0.6 is 0 Å². The van der Waals surface area contributed by atoms with Crippen molar-refractivity contribution in [1.29, 1.82) is 0 Å². The smallest absolute Gasteiger partial charge is 0.315 e. The Kier molecular flexibility index (Phi) is 3.19. The number of ether oxygens (including phenoxy) is 1. The zero-order valence-electron chi connectivity index (χ0n) is 4.97. The van der Waals surface area contributed by atoms with E-state index < -0.39 is 5.97 Å². The summed E-state index contributed by atoms with van der Waals surface area (Å²) in [4.78, 5) is 10.3. The molecule has 0 rings (SSSR count). The monoisotopic (exact) mass is 117 g/mol. The van der Waals surface area contributed by atoms with Crippen molar-refractivity contribution in [3.05, 3.63) is 5.92 Å². The number of aliphatic hydroxyl groups excluding tert-OH is 1. The minimum Gasteiger partial charge on any atom is -0.469 e. The van der Waals surface area contributed by atoms with E-state index in [1.807, 2.05) is 0 Å². The van der Waals surface area contributed by atoms with Gasteiger partial charge < -0.3 is 9.84 Å². The predicted octanol–water partition coefficient (Wildman–Crippen LogP) is -0.254. The molecular formula is C5H9O3. The second kappa shape index (κ2) is 3.43. The van der Waals surface area contributed by atoms with Gasteiger partial charge >= 0.3 is 5.97 Å². The first-order valence-electron chi connectivity index (χ1n) is 2.24. The van der Waals surface area contributed by atoms with Gasteiger partial charge in [0.1, 0.15) is 5.92 Å². The zero-order chi connectivity index (χ0) is 6.57. The number of hydrogen-bond donors (Lipinski definition) is 1. The third-order valence-electron chi connectivity index (χ3n) is 0.771. The van der Waals surface area contributed by atoms with Crippen molar-refractivity contribution in [2.24, 2.45) is 0 Å². The Morgan fingerprint density at radius 1 is 1.75 bits per heavy atom. The van der Waals surface area contributed by atoms with Crippen molar-refractivity contribution in [3.63, 3.8) is 0 Å². The Morgan fingerprint density at radius 2 is 2.25 bits per heavy atom. The predicted molar refractivity (Wildman–Crippen MR) is 28.0 cm³/mol. The van der Waals surface area contributed by atoms with Crippen molar-refractivity contribution >= 4 is 5.97 Å². The Hall–Kier alpha value is -0.570. The van der Waals surface area contributed by atoms with E-state index >= 15 is 0 Å². The molecule has 8 heavy (non-hydrogen) atoms. The molecule has 0 aliphatic carbocycles. The van der Waals surface area contributed by atoms with Crippen molar-refractivity contribution in [1.82, 2.24) is 0 Å². The van der Waals surface area contributed by atoms with E-state index in [-0.39, 0.29) is 6.61 Å². The largest absolute Gasteiger partial charge is 0.469 e. The third-order valence-corrected chi connectivity index (χ3v) is 0.771. The number of aliphatic hydroxyl groups is 1. The molecule has 0 bridgehead atoms. The molecule has 0 aromatic rings. The molecule has 1 radical (unpaired) electrons. The molecule has 0 heterocycles. The maximum Gasteiger partial charge on any atom is 0.315 e. The maximum atomic E-state index is 10.3. The SMILES string of the molecule is COC(=O)[C](C)CO. The summed E-state index contributed by atoms with van der Waals surface area (Å²) in [5, 5.41) is 8.30. The van der Waals surface area contributed by atoms with Crippen LogP contribution < -0.4 is 0 Å². The fourth-order valence-electron chi connectivity index (χ4n) is 0.239. The number of esters is 1. The first-order chi connectivity index (χ1) is 3.72. The highest BCUT2D eigenvalue weighted by Crippen LogP contribution is 1.96. The van der Waals surface area contributed by atoms with Gasteiger partial charge in [0, 0.05) is 0 Å². The molecule has 0 fully saturated rings. The maximum absolute atomic E-state index is 10.3. The van der Waals surface area contributed by atoms with Gasteiger partial charge in [-0.15, -0.1) is 0 Å². The van der Waals surface area contributed by atoms with Crippen LogP contribution in [0.15, 0.2) is 0 Å². The van der Waals surface area contributed by atoms with E-state index in [4.69, 9.17) is 5.11 Å². The molecule has 47 valence electrons. The van der Waals surface area contributed by atoms with Gasteiger partial charge in [-0.05, 0) is 6.92 Å². The van der Waals surface area contributed by atoms with Gasteiger partial charge in [-0.1, -0.05) is 0 Å². The van der Waals surface area contributed by atoms with Crippen LogP contribution in [0.25, 0.3) is 0 Å². The molecule has 0 aliphatic rings. The van der Waals surface area contributed by atoms with E-state index in [1.165, 1.54) is 14.0 Å². The van der Waals surface area contributed by atoms with Crippen molar-refractivity contribution < 1.29 is 14.6 Å². The van der Waals surface area contributed by atoms with Crippen LogP contribution in [0.2, 0.25) is 0 Å². The normalized spacial score (nSPS) is 9.50. The van der Waals surface area contributed by atoms with Gasteiger partial charge in [-0.3, -0.25) is 4.79 Å². The fraction of sp³-hybridized carbons (Fsp3) is 0.600. The summed E-state index contributed by atoms with van der Waals surface area (Å²) < 4.78 is 4.27. The number of carbonyl (C=O) groups is 1. The van der Waals surface area contributed by atoms with Gasteiger partial charge in [0.15, 0.2) is 0 Å². The van der Waals surface area contributed by atoms with Gasteiger partial charge in [0.25, 0.3) is 0 Å². The topological polar surface area (TPSA) is 46.5 Å². The standard InChI is InChI=1S/C5H9O3/c1-4(3-6)5(7)8-2/h6H,3H2,1-2H3. The molecule has 3 heteroatoms. The number of methoxy groups -OCH3 is 1. The van der Waals surface area contributed by atoms with Gasteiger partial charge in [-0.2, -0.15) is 0 Å². The second-order valence-corrected chi connectivity index (χ2v) is 1.43. The summed E-state index contributed by atoms with van der Waals surface area (Å²) in [6.07, 6.45) is 0. The highest BCUT2D eigenvalue weighted by molar-refractivity contribution is 5.83. The molecule has 0 aromatic heterocycles. The van der Waals surface area contributed by atoms with Crippen LogP contribution in [-0.4, -0.2) is 24.8 Å². The first-order valence-corrected chi connectivity index (χ1v) is 2.24. The Labute approximate surface area is 48.3 Å². The Morgan fingerprint density at radius 3 is 2.38 bits per heavy atom. The minimum atomic E-state index is -0.451. The van der Waals surface area contributed by atoms with Gasteiger partial charge in [0.05, 0.1) is 13.7 Å². The molecule has 0 aromatic carbocycles. The lowest BCUT2D eigenvalue weighted by molar-refractivity contribution is -0.138. The van der Waals surface area contributed by atoms with E-state index in [2.05, 4.69) is 4.74 Å². The number of rotatable bonds is 2. The van der Waals surface area contributed by atoms with Crippen LogP contribution in [0.1, 0.15) is 6.92 Å². The summed E-state index contributed by atoms with van der Waals surface area (Å²) in [5.74, 6) is -0.125. The van der Waals surface area contributed by atoms with Crippen LogP contribution in [0.5, 0.6) is 0 Å². The molecule has 0 saturated carbocycles. The van der Waals surface area contributed by atoms with Crippen LogP contribution in [0.3, 0.4) is 0 Å². The molecule has 0 spiro atoms. The van der Waals surface area contributed by atoms with E-state index in [9.17, 15) is 4.79 Å². The third kappa shape index (κ3) is 1.93. The van der Waals surface area contributed by atoms with E-state index in [0.717, 1.165) is 0 Å². The molecule has 1 N–H and O–H groups in total. The second-order valence-electron chi connectivity index (χ2n) is 1.43.